The summed E-state index contributed by atoms with van der Waals surface area (Å²) in [5.41, 5.74) is 7.73. The van der Waals surface area contributed by atoms with Crippen molar-refractivity contribution in [1.82, 2.24) is 9.97 Å². The van der Waals surface area contributed by atoms with E-state index in [0.717, 1.165) is 40.8 Å². The molecule has 0 fully saturated rings. The molecular weight excluding hydrogens is 294 g/mol. The molecule has 0 radical (unpaired) electrons. The zero-order valence-corrected chi connectivity index (χ0v) is 12.6. The SMILES string of the molecule is Cc1nc(Sc2c(F)cc(C(=N)N)cc2F)nc(C)c1C. The fourth-order valence-corrected chi connectivity index (χ4v) is 2.55. The second-order valence-corrected chi connectivity index (χ2v) is 5.56. The summed E-state index contributed by atoms with van der Waals surface area (Å²) in [5, 5.41) is 7.49. The molecule has 2 aromatic rings. The van der Waals surface area contributed by atoms with Crippen LogP contribution in [0.3, 0.4) is 0 Å². The Labute approximate surface area is 125 Å². The average molecular weight is 308 g/mol. The van der Waals surface area contributed by atoms with Crippen molar-refractivity contribution in [2.24, 2.45) is 5.73 Å². The number of nitrogens with two attached hydrogens (primary N) is 1. The van der Waals surface area contributed by atoms with Gasteiger partial charge in [0.1, 0.15) is 17.5 Å². The second kappa shape index (κ2) is 5.77. The van der Waals surface area contributed by atoms with Crippen LogP contribution < -0.4 is 5.73 Å². The molecule has 4 nitrogen and oxygen atoms in total. The van der Waals surface area contributed by atoms with E-state index in [1.807, 2.05) is 20.8 Å². The van der Waals surface area contributed by atoms with E-state index in [-0.39, 0.29) is 21.5 Å². The lowest BCUT2D eigenvalue weighted by Gasteiger charge is -2.09. The van der Waals surface area contributed by atoms with Crippen molar-refractivity contribution in [2.45, 2.75) is 30.8 Å². The summed E-state index contributed by atoms with van der Waals surface area (Å²) in [4.78, 5) is 8.23. The minimum atomic E-state index is -0.787. The minimum Gasteiger partial charge on any atom is -0.384 e. The van der Waals surface area contributed by atoms with Gasteiger partial charge < -0.3 is 5.73 Å². The van der Waals surface area contributed by atoms with Crippen molar-refractivity contribution in [3.05, 3.63) is 46.3 Å². The van der Waals surface area contributed by atoms with Crippen LogP contribution in [0.15, 0.2) is 22.2 Å². The van der Waals surface area contributed by atoms with E-state index < -0.39 is 11.6 Å². The fourth-order valence-electron chi connectivity index (χ4n) is 1.69. The van der Waals surface area contributed by atoms with E-state index in [9.17, 15) is 8.78 Å². The summed E-state index contributed by atoms with van der Waals surface area (Å²) in [6.07, 6.45) is 0. The van der Waals surface area contributed by atoms with Crippen molar-refractivity contribution in [2.75, 3.05) is 0 Å². The number of hydrogen-bond donors (Lipinski definition) is 2. The lowest BCUT2D eigenvalue weighted by Crippen LogP contribution is -2.12. The summed E-state index contributed by atoms with van der Waals surface area (Å²) in [6.45, 7) is 5.53. The van der Waals surface area contributed by atoms with Crippen molar-refractivity contribution in [3.63, 3.8) is 0 Å². The van der Waals surface area contributed by atoms with Gasteiger partial charge in [-0.1, -0.05) is 0 Å². The molecule has 0 aliphatic carbocycles. The standard InChI is InChI=1S/C14H14F2N4S/c1-6-7(2)19-14(20-8(6)3)21-12-10(15)4-9(13(17)18)5-11(12)16/h4-5H,1-3H3,(H3,17,18). The summed E-state index contributed by atoms with van der Waals surface area (Å²) in [6, 6.07) is 2.06. The van der Waals surface area contributed by atoms with Crippen LogP contribution in [0.5, 0.6) is 0 Å². The molecule has 3 N–H and O–H groups in total. The largest absolute Gasteiger partial charge is 0.384 e. The van der Waals surface area contributed by atoms with Crippen LogP contribution in [0.25, 0.3) is 0 Å². The third-order valence-electron chi connectivity index (χ3n) is 3.11. The molecule has 0 atom stereocenters. The fraction of sp³-hybridized carbons (Fsp3) is 0.214. The maximum atomic E-state index is 14.0. The van der Waals surface area contributed by atoms with Crippen molar-refractivity contribution < 1.29 is 8.78 Å². The van der Waals surface area contributed by atoms with Crippen LogP contribution in [0.1, 0.15) is 22.5 Å². The molecule has 0 bridgehead atoms. The van der Waals surface area contributed by atoms with Gasteiger partial charge >= 0.3 is 0 Å². The summed E-state index contributed by atoms with van der Waals surface area (Å²) >= 11 is 0.815. The number of amidine groups is 1. The predicted octanol–water partition coefficient (Wildman–Crippen LogP) is 3.12. The summed E-state index contributed by atoms with van der Waals surface area (Å²) < 4.78 is 27.9. The molecule has 7 heteroatoms. The molecule has 1 aromatic carbocycles. The van der Waals surface area contributed by atoms with E-state index in [1.165, 1.54) is 0 Å². The topological polar surface area (TPSA) is 75.7 Å². The Morgan fingerprint density at radius 1 is 1.10 bits per heavy atom. The van der Waals surface area contributed by atoms with Gasteiger partial charge in [0.2, 0.25) is 0 Å². The van der Waals surface area contributed by atoms with Gasteiger partial charge in [-0.3, -0.25) is 5.41 Å². The molecule has 21 heavy (non-hydrogen) atoms. The van der Waals surface area contributed by atoms with E-state index in [2.05, 4.69) is 9.97 Å². The number of nitrogens with zero attached hydrogens (tertiary/aromatic N) is 2. The Hall–Kier alpha value is -2.02. The highest BCUT2D eigenvalue weighted by atomic mass is 32.2. The van der Waals surface area contributed by atoms with Gasteiger partial charge in [-0.25, -0.2) is 18.7 Å². The highest BCUT2D eigenvalue weighted by Crippen LogP contribution is 2.31. The minimum absolute atomic E-state index is 0.00605. The molecule has 0 unspecified atom stereocenters. The Bertz CT molecular complexity index is 685. The number of benzene rings is 1. The maximum absolute atomic E-state index is 14.0. The summed E-state index contributed by atoms with van der Waals surface area (Å²) in [7, 11) is 0. The molecule has 0 saturated heterocycles. The molecule has 2 rings (SSSR count). The molecule has 1 heterocycles. The number of nitrogen functional groups attached to an aromatic ring is 1. The maximum Gasteiger partial charge on any atom is 0.193 e. The molecule has 1 aromatic heterocycles. The Morgan fingerprint density at radius 3 is 2.00 bits per heavy atom. The van der Waals surface area contributed by atoms with Crippen LogP contribution in [-0.4, -0.2) is 15.8 Å². The lowest BCUT2D eigenvalue weighted by molar-refractivity contribution is 0.539. The van der Waals surface area contributed by atoms with Crippen LogP contribution in [0.4, 0.5) is 8.78 Å². The van der Waals surface area contributed by atoms with Gasteiger partial charge in [0.25, 0.3) is 0 Å². The first-order valence-electron chi connectivity index (χ1n) is 6.12. The first-order chi connectivity index (χ1) is 9.79. The Balaban J connectivity index is 2.43. The van der Waals surface area contributed by atoms with E-state index >= 15 is 0 Å². The molecule has 0 aliphatic heterocycles. The molecule has 0 amide bonds. The average Bonchev–Trinajstić information content (AvgIpc) is 2.39. The number of aromatic nitrogens is 2. The van der Waals surface area contributed by atoms with Gasteiger partial charge in [-0.05, 0) is 50.2 Å². The van der Waals surface area contributed by atoms with Gasteiger partial charge in [-0.2, -0.15) is 0 Å². The molecular formula is C14H14F2N4S. The Morgan fingerprint density at radius 2 is 1.57 bits per heavy atom. The first-order valence-corrected chi connectivity index (χ1v) is 6.94. The number of hydrogen-bond acceptors (Lipinski definition) is 4. The van der Waals surface area contributed by atoms with Gasteiger partial charge in [-0.15, -0.1) is 0 Å². The zero-order chi connectivity index (χ0) is 15.7. The highest BCUT2D eigenvalue weighted by Gasteiger charge is 2.16. The highest BCUT2D eigenvalue weighted by molar-refractivity contribution is 7.99. The van der Waals surface area contributed by atoms with Crippen LogP contribution >= 0.6 is 11.8 Å². The smallest absolute Gasteiger partial charge is 0.193 e. The second-order valence-electron chi connectivity index (χ2n) is 4.59. The van der Waals surface area contributed by atoms with Crippen LogP contribution in [0, 0.1) is 37.8 Å². The van der Waals surface area contributed by atoms with Gasteiger partial charge in [0.05, 0.1) is 4.90 Å². The van der Waals surface area contributed by atoms with Crippen molar-refractivity contribution >= 4 is 17.6 Å². The molecule has 110 valence electrons. The van der Waals surface area contributed by atoms with Gasteiger partial charge in [0, 0.05) is 17.0 Å². The quantitative estimate of drug-likeness (QED) is 0.519. The lowest BCUT2D eigenvalue weighted by atomic mass is 10.2. The number of halogens is 2. The first kappa shape index (κ1) is 15.4. The molecule has 0 aliphatic rings. The normalized spacial score (nSPS) is 10.7. The predicted molar refractivity (Wildman–Crippen MR) is 77.7 cm³/mol. The van der Waals surface area contributed by atoms with E-state index in [4.69, 9.17) is 11.1 Å². The van der Waals surface area contributed by atoms with Crippen molar-refractivity contribution in [1.29, 1.82) is 5.41 Å². The number of rotatable bonds is 3. The Kier molecular flexibility index (Phi) is 4.22. The third kappa shape index (κ3) is 3.18. The molecule has 0 saturated carbocycles. The number of nitrogens with one attached hydrogen (secondary N) is 1. The van der Waals surface area contributed by atoms with Gasteiger partial charge in [0.15, 0.2) is 5.16 Å². The van der Waals surface area contributed by atoms with Crippen LogP contribution in [0.2, 0.25) is 0 Å². The third-order valence-corrected chi connectivity index (χ3v) is 4.07. The zero-order valence-electron chi connectivity index (χ0n) is 11.8. The van der Waals surface area contributed by atoms with E-state index in [0.29, 0.717) is 0 Å². The van der Waals surface area contributed by atoms with Crippen LogP contribution in [-0.2, 0) is 0 Å². The summed E-state index contributed by atoms with van der Waals surface area (Å²) in [5.74, 6) is -1.96. The van der Waals surface area contributed by atoms with Crippen molar-refractivity contribution in [3.8, 4) is 0 Å². The van der Waals surface area contributed by atoms with E-state index in [1.54, 1.807) is 0 Å². The monoisotopic (exact) mass is 308 g/mol. The number of aryl methyl sites for hydroxylation is 2. The molecule has 0 spiro atoms.